The van der Waals surface area contributed by atoms with Gasteiger partial charge in [-0.1, -0.05) is 31.9 Å². The molecule has 0 aliphatic carbocycles. The maximum atomic E-state index is 12.8. The third-order valence-electron chi connectivity index (χ3n) is 4.19. The van der Waals surface area contributed by atoms with Gasteiger partial charge in [-0.2, -0.15) is 0 Å². The number of carbonyl (C=O) groups is 2. The first-order valence-corrected chi connectivity index (χ1v) is 8.97. The zero-order valence-corrected chi connectivity index (χ0v) is 15.2. The molecule has 6 nitrogen and oxygen atoms in total. The number of aliphatic carboxylic acids is 2. The Bertz CT molecular complexity index is 529. The maximum Gasteiger partial charge on any atom is 0.414 e. The Kier molecular flexibility index (Phi) is 10.5. The minimum absolute atomic E-state index is 0.186. The van der Waals surface area contributed by atoms with Gasteiger partial charge in [-0.15, -0.1) is 0 Å². The van der Waals surface area contributed by atoms with Gasteiger partial charge in [0.1, 0.15) is 5.82 Å². The van der Waals surface area contributed by atoms with Gasteiger partial charge in [-0.05, 0) is 43.5 Å². The lowest BCUT2D eigenvalue weighted by Crippen LogP contribution is -2.37. The van der Waals surface area contributed by atoms with Gasteiger partial charge in [0, 0.05) is 13.1 Å². The zero-order valence-electron chi connectivity index (χ0n) is 15.2. The molecular formula is C19H28FNO5. The average molecular weight is 369 g/mol. The lowest BCUT2D eigenvalue weighted by atomic mass is 10.1. The molecule has 0 saturated carbocycles. The predicted molar refractivity (Wildman–Crippen MR) is 95.4 cm³/mol. The van der Waals surface area contributed by atoms with Crippen LogP contribution in [0.2, 0.25) is 0 Å². The molecule has 0 spiro atoms. The van der Waals surface area contributed by atoms with Crippen LogP contribution in [-0.2, 0) is 20.9 Å². The van der Waals surface area contributed by atoms with Gasteiger partial charge in [0.05, 0.1) is 12.7 Å². The second kappa shape index (κ2) is 12.4. The molecule has 0 amide bonds. The van der Waals surface area contributed by atoms with Gasteiger partial charge in [0.15, 0.2) is 0 Å². The number of unbranched alkanes of at least 4 members (excludes halogenated alkanes) is 2. The quantitative estimate of drug-likeness (QED) is 0.567. The van der Waals surface area contributed by atoms with Crippen LogP contribution in [0.25, 0.3) is 0 Å². The van der Waals surface area contributed by atoms with Crippen molar-refractivity contribution in [2.24, 2.45) is 0 Å². The highest BCUT2D eigenvalue weighted by atomic mass is 19.1. The number of carboxylic acid groups (broad SMARTS) is 2. The summed E-state index contributed by atoms with van der Waals surface area (Å²) in [6.45, 7) is 6.38. The highest BCUT2D eigenvalue weighted by molar-refractivity contribution is 6.27. The summed E-state index contributed by atoms with van der Waals surface area (Å²) >= 11 is 0. The fourth-order valence-corrected chi connectivity index (χ4v) is 2.68. The first-order chi connectivity index (χ1) is 12.4. The third-order valence-corrected chi connectivity index (χ3v) is 4.19. The van der Waals surface area contributed by atoms with Gasteiger partial charge in [0.2, 0.25) is 0 Å². The number of carboxylic acids is 2. The van der Waals surface area contributed by atoms with Crippen LogP contribution in [0.5, 0.6) is 0 Å². The van der Waals surface area contributed by atoms with E-state index in [4.69, 9.17) is 24.5 Å². The molecule has 1 saturated heterocycles. The fourth-order valence-electron chi connectivity index (χ4n) is 2.68. The highest BCUT2D eigenvalue weighted by Crippen LogP contribution is 2.16. The van der Waals surface area contributed by atoms with Crippen LogP contribution in [0.15, 0.2) is 24.3 Å². The summed E-state index contributed by atoms with van der Waals surface area (Å²) in [5.41, 5.74) is 1.05. The van der Waals surface area contributed by atoms with Crippen LogP contribution >= 0.6 is 0 Å². The smallest absolute Gasteiger partial charge is 0.414 e. The second-order valence-electron chi connectivity index (χ2n) is 6.30. The molecule has 1 fully saturated rings. The molecule has 0 bridgehead atoms. The molecule has 1 aliphatic heterocycles. The lowest BCUT2D eigenvalue weighted by Gasteiger charge is -2.31. The highest BCUT2D eigenvalue weighted by Gasteiger charge is 2.19. The number of nitrogens with zero attached hydrogens (tertiary/aromatic N) is 1. The number of rotatable bonds is 7. The summed E-state index contributed by atoms with van der Waals surface area (Å²) in [5.74, 6) is -3.83. The molecule has 1 heterocycles. The van der Waals surface area contributed by atoms with Crippen LogP contribution in [0, 0.1) is 5.82 Å². The number of halogens is 1. The van der Waals surface area contributed by atoms with Crippen LogP contribution < -0.4 is 0 Å². The molecule has 7 heteroatoms. The first-order valence-electron chi connectivity index (χ1n) is 8.97. The molecule has 2 rings (SSSR count). The summed E-state index contributed by atoms with van der Waals surface area (Å²) in [7, 11) is 0. The van der Waals surface area contributed by atoms with E-state index in [2.05, 4.69) is 11.8 Å². The summed E-state index contributed by atoms with van der Waals surface area (Å²) in [5, 5.41) is 14.8. The monoisotopic (exact) mass is 369 g/mol. The summed E-state index contributed by atoms with van der Waals surface area (Å²) < 4.78 is 18.7. The van der Waals surface area contributed by atoms with Gasteiger partial charge >= 0.3 is 11.9 Å². The minimum atomic E-state index is -1.82. The molecule has 1 aromatic carbocycles. The molecule has 26 heavy (non-hydrogen) atoms. The summed E-state index contributed by atoms with van der Waals surface area (Å²) in [4.78, 5) is 20.7. The Morgan fingerprint density at radius 3 is 2.19 bits per heavy atom. The normalized spacial score (nSPS) is 15.2. The Morgan fingerprint density at radius 2 is 1.69 bits per heavy atom. The van der Waals surface area contributed by atoms with Crippen molar-refractivity contribution < 1.29 is 28.9 Å². The SMILES string of the molecule is CCCCCN1CCC(OCc2ccc(F)cc2)CC1.O=C(O)C(=O)O. The van der Waals surface area contributed by atoms with Crippen molar-refractivity contribution in [1.29, 1.82) is 0 Å². The topological polar surface area (TPSA) is 87.1 Å². The van der Waals surface area contributed by atoms with Gasteiger partial charge in [0.25, 0.3) is 0 Å². The molecule has 146 valence electrons. The zero-order chi connectivity index (χ0) is 19.4. The summed E-state index contributed by atoms with van der Waals surface area (Å²) in [6.07, 6.45) is 6.54. The Hall–Kier alpha value is -1.99. The number of piperidine rings is 1. The van der Waals surface area contributed by atoms with Crippen LogP contribution in [-0.4, -0.2) is 52.8 Å². The number of likely N-dealkylation sites (tertiary alicyclic amines) is 1. The van der Waals surface area contributed by atoms with Gasteiger partial charge < -0.3 is 19.8 Å². The van der Waals surface area contributed by atoms with Crippen molar-refractivity contribution in [2.75, 3.05) is 19.6 Å². The average Bonchev–Trinajstić information content (AvgIpc) is 2.63. The molecule has 1 aliphatic rings. The van der Waals surface area contributed by atoms with E-state index in [1.165, 1.54) is 37.9 Å². The molecule has 0 atom stereocenters. The minimum Gasteiger partial charge on any atom is -0.473 e. The van der Waals surface area contributed by atoms with Crippen LogP contribution in [0.4, 0.5) is 4.39 Å². The molecule has 0 aromatic heterocycles. The molecule has 0 unspecified atom stereocenters. The Morgan fingerprint density at radius 1 is 1.12 bits per heavy atom. The van der Waals surface area contributed by atoms with Crippen LogP contribution in [0.1, 0.15) is 44.6 Å². The van der Waals surface area contributed by atoms with Crippen LogP contribution in [0.3, 0.4) is 0 Å². The van der Waals surface area contributed by atoms with E-state index in [9.17, 15) is 4.39 Å². The van der Waals surface area contributed by atoms with Gasteiger partial charge in [-0.3, -0.25) is 0 Å². The standard InChI is InChI=1S/C17H26FNO.C2H2O4/c1-2-3-4-11-19-12-9-17(10-13-19)20-14-15-5-7-16(18)8-6-15;3-1(4)2(5)6/h5-8,17H,2-4,9-14H2,1H3;(H,3,4)(H,5,6). The van der Waals surface area contributed by atoms with Crippen molar-refractivity contribution in [2.45, 2.75) is 51.7 Å². The van der Waals surface area contributed by atoms with E-state index >= 15 is 0 Å². The predicted octanol–water partition coefficient (Wildman–Crippen LogP) is 3.15. The van der Waals surface area contributed by atoms with Crippen molar-refractivity contribution in [1.82, 2.24) is 4.90 Å². The number of hydrogen-bond acceptors (Lipinski definition) is 4. The Balaban J connectivity index is 0.000000487. The molecular weight excluding hydrogens is 341 g/mol. The maximum absolute atomic E-state index is 12.8. The number of ether oxygens (including phenoxy) is 1. The van der Waals surface area contributed by atoms with E-state index in [0.717, 1.165) is 31.5 Å². The van der Waals surface area contributed by atoms with E-state index in [0.29, 0.717) is 12.7 Å². The molecule has 0 radical (unpaired) electrons. The number of benzene rings is 1. The van der Waals surface area contributed by atoms with E-state index < -0.39 is 11.9 Å². The summed E-state index contributed by atoms with van der Waals surface area (Å²) in [6, 6.07) is 6.59. The van der Waals surface area contributed by atoms with Crippen molar-refractivity contribution in [3.63, 3.8) is 0 Å². The molecule has 1 aromatic rings. The van der Waals surface area contributed by atoms with Crippen molar-refractivity contribution in [3.8, 4) is 0 Å². The lowest BCUT2D eigenvalue weighted by molar-refractivity contribution is -0.159. The van der Waals surface area contributed by atoms with E-state index in [-0.39, 0.29) is 5.82 Å². The Labute approximate surface area is 153 Å². The molecule has 2 N–H and O–H groups in total. The van der Waals surface area contributed by atoms with Gasteiger partial charge in [-0.25, -0.2) is 14.0 Å². The van der Waals surface area contributed by atoms with Crippen molar-refractivity contribution in [3.05, 3.63) is 35.6 Å². The number of hydrogen-bond donors (Lipinski definition) is 2. The van der Waals surface area contributed by atoms with E-state index in [1.807, 2.05) is 0 Å². The van der Waals surface area contributed by atoms with E-state index in [1.54, 1.807) is 12.1 Å². The van der Waals surface area contributed by atoms with Crippen molar-refractivity contribution >= 4 is 11.9 Å². The third kappa shape index (κ3) is 9.48. The fraction of sp³-hybridized carbons (Fsp3) is 0.579. The first kappa shape index (κ1) is 22.1. The second-order valence-corrected chi connectivity index (χ2v) is 6.30. The largest absolute Gasteiger partial charge is 0.473 e.